The summed E-state index contributed by atoms with van der Waals surface area (Å²) in [6, 6.07) is 12.0. The van der Waals surface area contributed by atoms with Crippen LogP contribution in [0.1, 0.15) is 16.5 Å². The van der Waals surface area contributed by atoms with Crippen molar-refractivity contribution in [3.05, 3.63) is 65.7 Å². The summed E-state index contributed by atoms with van der Waals surface area (Å²) < 4.78 is 61.9. The van der Waals surface area contributed by atoms with Crippen LogP contribution in [0.25, 0.3) is 0 Å². The van der Waals surface area contributed by atoms with Crippen molar-refractivity contribution in [2.24, 2.45) is 0 Å². The summed E-state index contributed by atoms with van der Waals surface area (Å²) in [5.74, 6) is -0.385. The summed E-state index contributed by atoms with van der Waals surface area (Å²) in [5, 5.41) is -0.770. The van der Waals surface area contributed by atoms with Gasteiger partial charge in [0.2, 0.25) is 0 Å². The zero-order valence-electron chi connectivity index (χ0n) is 11.2. The van der Waals surface area contributed by atoms with Gasteiger partial charge in [-0.1, -0.05) is 30.3 Å². The molecule has 1 atom stereocenters. The van der Waals surface area contributed by atoms with Crippen LogP contribution in [-0.4, -0.2) is 14.2 Å². The van der Waals surface area contributed by atoms with Crippen LogP contribution in [0.2, 0.25) is 0 Å². The van der Waals surface area contributed by atoms with Crippen molar-refractivity contribution >= 4 is 21.4 Å². The molecule has 0 unspecified atom stereocenters. The molecule has 2 aromatic carbocycles. The lowest BCUT2D eigenvalue weighted by atomic mass is 10.2. The molecule has 0 saturated carbocycles. The van der Waals surface area contributed by atoms with Crippen molar-refractivity contribution in [2.75, 3.05) is 5.75 Å². The Morgan fingerprint density at radius 2 is 1.50 bits per heavy atom. The second-order valence-electron chi connectivity index (χ2n) is 4.68. The molecule has 0 aliphatic heterocycles. The van der Waals surface area contributed by atoms with Crippen LogP contribution in [-0.2, 0) is 16.0 Å². The lowest BCUT2D eigenvalue weighted by Gasteiger charge is -2.12. The van der Waals surface area contributed by atoms with Gasteiger partial charge in [-0.15, -0.1) is 11.6 Å². The molecule has 118 valence electrons. The van der Waals surface area contributed by atoms with Crippen molar-refractivity contribution in [1.82, 2.24) is 0 Å². The van der Waals surface area contributed by atoms with Crippen LogP contribution in [0, 0.1) is 0 Å². The van der Waals surface area contributed by atoms with Crippen molar-refractivity contribution in [2.45, 2.75) is 16.4 Å². The number of sulfone groups is 1. The van der Waals surface area contributed by atoms with E-state index in [1.807, 2.05) is 0 Å². The number of benzene rings is 2. The van der Waals surface area contributed by atoms with Gasteiger partial charge < -0.3 is 0 Å². The SMILES string of the molecule is O=S(=O)(C[C@@H](Cl)c1ccccc1)c1ccc(C(F)(F)F)cc1. The summed E-state index contributed by atoms with van der Waals surface area (Å²) in [5.41, 5.74) is -0.253. The zero-order valence-corrected chi connectivity index (χ0v) is 12.8. The molecule has 22 heavy (non-hydrogen) atoms. The minimum Gasteiger partial charge on any atom is -0.224 e. The Morgan fingerprint density at radius 3 is 2.00 bits per heavy atom. The molecule has 7 heteroatoms. The molecule has 2 nitrogen and oxygen atoms in total. The Morgan fingerprint density at radius 1 is 0.955 bits per heavy atom. The maximum absolute atomic E-state index is 12.5. The maximum atomic E-state index is 12.5. The third-order valence-corrected chi connectivity index (χ3v) is 5.42. The maximum Gasteiger partial charge on any atom is 0.416 e. The molecule has 0 amide bonds. The van der Waals surface area contributed by atoms with Crippen LogP contribution in [0.4, 0.5) is 13.2 Å². The summed E-state index contributed by atoms with van der Waals surface area (Å²) in [6.45, 7) is 0. The van der Waals surface area contributed by atoms with Gasteiger partial charge in [-0.25, -0.2) is 8.42 Å². The minimum atomic E-state index is -4.50. The molecule has 0 N–H and O–H groups in total. The molecular weight excluding hydrogens is 337 g/mol. The van der Waals surface area contributed by atoms with E-state index in [0.717, 1.165) is 24.3 Å². The zero-order chi connectivity index (χ0) is 16.4. The van der Waals surface area contributed by atoms with Crippen molar-refractivity contribution in [1.29, 1.82) is 0 Å². The average Bonchev–Trinajstić information content (AvgIpc) is 2.47. The van der Waals surface area contributed by atoms with Gasteiger partial charge in [0, 0.05) is 0 Å². The first-order valence-electron chi connectivity index (χ1n) is 6.29. The first kappa shape index (κ1) is 16.8. The molecule has 0 heterocycles. The van der Waals surface area contributed by atoms with Crippen LogP contribution < -0.4 is 0 Å². The number of alkyl halides is 4. The van der Waals surface area contributed by atoms with Gasteiger partial charge in [0.1, 0.15) is 0 Å². The lowest BCUT2D eigenvalue weighted by Crippen LogP contribution is -2.12. The lowest BCUT2D eigenvalue weighted by molar-refractivity contribution is -0.137. The summed E-state index contributed by atoms with van der Waals surface area (Å²) in [4.78, 5) is -0.179. The van der Waals surface area contributed by atoms with Crippen LogP contribution in [0.5, 0.6) is 0 Å². The molecule has 0 spiro atoms. The van der Waals surface area contributed by atoms with E-state index in [1.54, 1.807) is 30.3 Å². The van der Waals surface area contributed by atoms with E-state index in [0.29, 0.717) is 5.56 Å². The van der Waals surface area contributed by atoms with E-state index in [2.05, 4.69) is 0 Å². The fourth-order valence-corrected chi connectivity index (χ4v) is 3.86. The van der Waals surface area contributed by atoms with Gasteiger partial charge >= 0.3 is 6.18 Å². The van der Waals surface area contributed by atoms with E-state index >= 15 is 0 Å². The Balaban J connectivity index is 2.20. The van der Waals surface area contributed by atoms with E-state index < -0.39 is 27.0 Å². The van der Waals surface area contributed by atoms with E-state index in [-0.39, 0.29) is 10.6 Å². The first-order valence-corrected chi connectivity index (χ1v) is 8.38. The van der Waals surface area contributed by atoms with Gasteiger partial charge in [0.25, 0.3) is 0 Å². The normalized spacial score (nSPS) is 13.8. The largest absolute Gasteiger partial charge is 0.416 e. The quantitative estimate of drug-likeness (QED) is 0.764. The summed E-state index contributed by atoms with van der Waals surface area (Å²) in [7, 11) is -3.77. The Bertz CT molecular complexity index is 726. The van der Waals surface area contributed by atoms with Crippen molar-refractivity contribution < 1.29 is 21.6 Å². The third-order valence-electron chi connectivity index (χ3n) is 3.07. The van der Waals surface area contributed by atoms with Crippen LogP contribution in [0.15, 0.2) is 59.5 Å². The standard InChI is InChI=1S/C15H12ClF3O2S/c16-14(11-4-2-1-3-5-11)10-22(20,21)13-8-6-12(7-9-13)15(17,18)19/h1-9,14H,10H2/t14-/m1/s1. The van der Waals surface area contributed by atoms with E-state index in [1.165, 1.54) is 0 Å². The number of rotatable bonds is 4. The highest BCUT2D eigenvalue weighted by molar-refractivity contribution is 7.91. The summed E-state index contributed by atoms with van der Waals surface area (Å²) in [6.07, 6.45) is -4.50. The molecule has 0 fully saturated rings. The molecule has 0 aliphatic carbocycles. The predicted molar refractivity (Wildman–Crippen MR) is 78.5 cm³/mol. The molecule has 0 saturated heterocycles. The molecule has 0 aliphatic rings. The topological polar surface area (TPSA) is 34.1 Å². The van der Waals surface area contributed by atoms with E-state index in [9.17, 15) is 21.6 Å². The van der Waals surface area contributed by atoms with Gasteiger partial charge in [-0.3, -0.25) is 0 Å². The average molecular weight is 349 g/mol. The molecule has 2 rings (SSSR count). The molecular formula is C15H12ClF3O2S. The number of hydrogen-bond donors (Lipinski definition) is 0. The fraction of sp³-hybridized carbons (Fsp3) is 0.200. The van der Waals surface area contributed by atoms with Gasteiger partial charge in [0.05, 0.1) is 21.6 Å². The molecule has 2 aromatic rings. The van der Waals surface area contributed by atoms with Crippen molar-refractivity contribution in [3.8, 4) is 0 Å². The predicted octanol–water partition coefficient (Wildman–Crippen LogP) is 4.46. The Labute approximate surface area is 131 Å². The Kier molecular flexibility index (Phi) is 4.82. The van der Waals surface area contributed by atoms with Crippen LogP contribution >= 0.6 is 11.6 Å². The molecule has 0 aromatic heterocycles. The number of halogens is 4. The third kappa shape index (κ3) is 4.01. The first-order chi connectivity index (χ1) is 10.2. The van der Waals surface area contributed by atoms with Crippen LogP contribution in [0.3, 0.4) is 0 Å². The van der Waals surface area contributed by atoms with Crippen molar-refractivity contribution in [3.63, 3.8) is 0 Å². The highest BCUT2D eigenvalue weighted by Crippen LogP contribution is 2.31. The minimum absolute atomic E-state index is 0.179. The second kappa shape index (κ2) is 6.30. The Hall–Kier alpha value is -1.53. The number of hydrogen-bond acceptors (Lipinski definition) is 2. The van der Waals surface area contributed by atoms with Gasteiger partial charge in [0.15, 0.2) is 9.84 Å². The second-order valence-corrected chi connectivity index (χ2v) is 7.24. The summed E-state index contributed by atoms with van der Waals surface area (Å²) >= 11 is 6.09. The molecule has 0 bridgehead atoms. The van der Waals surface area contributed by atoms with Gasteiger partial charge in [-0.2, -0.15) is 13.2 Å². The van der Waals surface area contributed by atoms with E-state index in [4.69, 9.17) is 11.6 Å². The van der Waals surface area contributed by atoms with Gasteiger partial charge in [-0.05, 0) is 29.8 Å². The highest BCUT2D eigenvalue weighted by atomic mass is 35.5. The monoisotopic (exact) mass is 348 g/mol. The fourth-order valence-electron chi connectivity index (χ4n) is 1.90. The molecule has 0 radical (unpaired) electrons. The highest BCUT2D eigenvalue weighted by Gasteiger charge is 2.31. The smallest absolute Gasteiger partial charge is 0.224 e.